The summed E-state index contributed by atoms with van der Waals surface area (Å²) in [6.07, 6.45) is 11.3. The lowest BCUT2D eigenvalue weighted by atomic mass is 9.91. The van der Waals surface area contributed by atoms with Crippen molar-refractivity contribution in [2.24, 2.45) is 0 Å². The lowest BCUT2D eigenvalue weighted by molar-refractivity contribution is -0.127. The molecule has 0 radical (unpaired) electrons. The quantitative estimate of drug-likeness (QED) is 0.711. The Morgan fingerprint density at radius 1 is 1.50 bits per heavy atom. The monoisotopic (exact) mass is 250 g/mol. The van der Waals surface area contributed by atoms with Gasteiger partial charge in [0.05, 0.1) is 5.54 Å². The molecule has 0 saturated carbocycles. The maximum absolute atomic E-state index is 12.3. The average molecular weight is 250 g/mol. The maximum atomic E-state index is 12.3. The number of carbonyl (C=O) groups excluding carboxylic acids is 1. The van der Waals surface area contributed by atoms with Crippen molar-refractivity contribution in [1.29, 1.82) is 0 Å². The predicted octanol–water partition coefficient (Wildman–Crippen LogP) is 2.53. The van der Waals surface area contributed by atoms with Gasteiger partial charge in [0, 0.05) is 6.54 Å². The van der Waals surface area contributed by atoms with E-state index < -0.39 is 0 Å². The molecule has 0 aromatic rings. The summed E-state index contributed by atoms with van der Waals surface area (Å²) in [5.74, 6) is 0.223. The minimum Gasteiger partial charge on any atom is -0.354 e. The lowest BCUT2D eigenvalue weighted by Gasteiger charge is -2.27. The van der Waals surface area contributed by atoms with Crippen LogP contribution in [-0.4, -0.2) is 24.5 Å². The molecule has 1 aliphatic carbocycles. The standard InChI is InChI=1S/C15H26N2O/c1-2-9-15(10-5-11-17-15)14(18)16-12-8-13-6-3-4-7-13/h6,17H,2-5,7-12H2,1H3,(H,16,18). The lowest BCUT2D eigenvalue weighted by Crippen LogP contribution is -2.53. The first-order valence-electron chi connectivity index (χ1n) is 7.48. The highest BCUT2D eigenvalue weighted by atomic mass is 16.2. The fourth-order valence-corrected chi connectivity index (χ4v) is 3.22. The van der Waals surface area contributed by atoms with Crippen molar-refractivity contribution < 1.29 is 4.79 Å². The van der Waals surface area contributed by atoms with E-state index >= 15 is 0 Å². The Balaban J connectivity index is 1.78. The molecular weight excluding hydrogens is 224 g/mol. The van der Waals surface area contributed by atoms with Crippen LogP contribution in [0.15, 0.2) is 11.6 Å². The first-order valence-corrected chi connectivity index (χ1v) is 7.48. The summed E-state index contributed by atoms with van der Waals surface area (Å²) >= 11 is 0. The number of allylic oxidation sites excluding steroid dienone is 1. The van der Waals surface area contributed by atoms with E-state index in [0.717, 1.165) is 45.2 Å². The van der Waals surface area contributed by atoms with Crippen LogP contribution >= 0.6 is 0 Å². The van der Waals surface area contributed by atoms with Gasteiger partial charge >= 0.3 is 0 Å². The van der Waals surface area contributed by atoms with Crippen LogP contribution in [0.5, 0.6) is 0 Å². The molecule has 1 aliphatic heterocycles. The smallest absolute Gasteiger partial charge is 0.240 e. The molecule has 2 N–H and O–H groups in total. The van der Waals surface area contributed by atoms with E-state index in [1.54, 1.807) is 0 Å². The fourth-order valence-electron chi connectivity index (χ4n) is 3.22. The summed E-state index contributed by atoms with van der Waals surface area (Å²) in [7, 11) is 0. The van der Waals surface area contributed by atoms with Crippen molar-refractivity contribution in [3.63, 3.8) is 0 Å². The van der Waals surface area contributed by atoms with Gasteiger partial charge in [-0.15, -0.1) is 0 Å². The van der Waals surface area contributed by atoms with E-state index in [0.29, 0.717) is 0 Å². The molecule has 2 rings (SSSR count). The molecule has 3 nitrogen and oxygen atoms in total. The largest absolute Gasteiger partial charge is 0.354 e. The van der Waals surface area contributed by atoms with Crippen LogP contribution in [-0.2, 0) is 4.79 Å². The van der Waals surface area contributed by atoms with Gasteiger partial charge in [0.1, 0.15) is 0 Å². The Bertz CT molecular complexity index is 316. The van der Waals surface area contributed by atoms with Crippen LogP contribution in [0.25, 0.3) is 0 Å². The number of hydrogen-bond donors (Lipinski definition) is 2. The van der Waals surface area contributed by atoms with Crippen LogP contribution in [0.4, 0.5) is 0 Å². The second kappa shape index (κ2) is 6.37. The zero-order valence-corrected chi connectivity index (χ0v) is 11.6. The average Bonchev–Trinajstić information content (AvgIpc) is 3.01. The number of carbonyl (C=O) groups is 1. The van der Waals surface area contributed by atoms with Crippen molar-refractivity contribution in [2.75, 3.05) is 13.1 Å². The summed E-state index contributed by atoms with van der Waals surface area (Å²) in [5.41, 5.74) is 1.26. The minimum absolute atomic E-state index is 0.223. The maximum Gasteiger partial charge on any atom is 0.240 e. The predicted molar refractivity (Wildman–Crippen MR) is 74.4 cm³/mol. The third-order valence-electron chi connectivity index (χ3n) is 4.22. The van der Waals surface area contributed by atoms with Crippen molar-refractivity contribution in [1.82, 2.24) is 10.6 Å². The van der Waals surface area contributed by atoms with Crippen LogP contribution in [0.2, 0.25) is 0 Å². The topological polar surface area (TPSA) is 41.1 Å². The second-order valence-corrected chi connectivity index (χ2v) is 5.62. The Labute approximate surface area is 110 Å². The first-order chi connectivity index (χ1) is 8.77. The second-order valence-electron chi connectivity index (χ2n) is 5.62. The van der Waals surface area contributed by atoms with E-state index in [2.05, 4.69) is 23.6 Å². The van der Waals surface area contributed by atoms with Gasteiger partial charge in [0.2, 0.25) is 5.91 Å². The van der Waals surface area contributed by atoms with Crippen molar-refractivity contribution in [3.8, 4) is 0 Å². The molecule has 0 aromatic heterocycles. The Hall–Kier alpha value is -0.830. The van der Waals surface area contributed by atoms with Gasteiger partial charge in [-0.25, -0.2) is 0 Å². The molecule has 3 heteroatoms. The first kappa shape index (κ1) is 13.6. The Morgan fingerprint density at radius 2 is 2.39 bits per heavy atom. The van der Waals surface area contributed by atoms with E-state index in [9.17, 15) is 4.79 Å². The van der Waals surface area contributed by atoms with Crippen LogP contribution in [0.3, 0.4) is 0 Å². The molecule has 1 saturated heterocycles. The van der Waals surface area contributed by atoms with E-state index in [-0.39, 0.29) is 11.4 Å². The van der Waals surface area contributed by atoms with E-state index in [4.69, 9.17) is 0 Å². The molecule has 102 valence electrons. The molecular formula is C15H26N2O. The third kappa shape index (κ3) is 3.14. The molecule has 1 atom stereocenters. The normalized spacial score (nSPS) is 27.3. The summed E-state index contributed by atoms with van der Waals surface area (Å²) in [6, 6.07) is 0. The van der Waals surface area contributed by atoms with Gasteiger partial charge in [-0.1, -0.05) is 25.0 Å². The number of nitrogens with one attached hydrogen (secondary N) is 2. The highest BCUT2D eigenvalue weighted by Crippen LogP contribution is 2.25. The van der Waals surface area contributed by atoms with Crippen LogP contribution in [0, 0.1) is 0 Å². The zero-order chi connectivity index (χ0) is 12.8. The van der Waals surface area contributed by atoms with Crippen molar-refractivity contribution >= 4 is 5.91 Å². The molecule has 1 heterocycles. The highest BCUT2D eigenvalue weighted by Gasteiger charge is 2.39. The molecule has 0 spiro atoms. The summed E-state index contributed by atoms with van der Waals surface area (Å²) < 4.78 is 0. The van der Waals surface area contributed by atoms with Gasteiger partial charge in [-0.2, -0.15) is 0 Å². The SMILES string of the molecule is CCCC1(C(=O)NCCC2=CCCC2)CCCN1. The van der Waals surface area contributed by atoms with Gasteiger partial charge in [0.25, 0.3) is 0 Å². The summed E-state index contributed by atoms with van der Waals surface area (Å²) in [4.78, 5) is 12.3. The molecule has 1 amide bonds. The molecule has 1 unspecified atom stereocenters. The van der Waals surface area contributed by atoms with Crippen molar-refractivity contribution in [2.45, 2.75) is 63.8 Å². The van der Waals surface area contributed by atoms with Gasteiger partial charge < -0.3 is 10.6 Å². The third-order valence-corrected chi connectivity index (χ3v) is 4.22. The van der Waals surface area contributed by atoms with Crippen molar-refractivity contribution in [3.05, 3.63) is 11.6 Å². The molecule has 0 bridgehead atoms. The molecule has 18 heavy (non-hydrogen) atoms. The molecule has 1 fully saturated rings. The molecule has 2 aliphatic rings. The van der Waals surface area contributed by atoms with E-state index in [1.165, 1.54) is 24.8 Å². The number of rotatable bonds is 6. The zero-order valence-electron chi connectivity index (χ0n) is 11.6. The Morgan fingerprint density at radius 3 is 3.00 bits per heavy atom. The van der Waals surface area contributed by atoms with Crippen LogP contribution < -0.4 is 10.6 Å². The van der Waals surface area contributed by atoms with Gasteiger partial charge in [-0.3, -0.25) is 4.79 Å². The highest BCUT2D eigenvalue weighted by molar-refractivity contribution is 5.86. The number of hydrogen-bond acceptors (Lipinski definition) is 2. The van der Waals surface area contributed by atoms with E-state index in [1.807, 2.05) is 0 Å². The van der Waals surface area contributed by atoms with Gasteiger partial charge in [0.15, 0.2) is 0 Å². The Kier molecular flexibility index (Phi) is 4.81. The van der Waals surface area contributed by atoms with Crippen LogP contribution in [0.1, 0.15) is 58.3 Å². The summed E-state index contributed by atoms with van der Waals surface area (Å²) in [5, 5.41) is 6.56. The number of amides is 1. The molecule has 0 aromatic carbocycles. The fraction of sp³-hybridized carbons (Fsp3) is 0.800. The summed E-state index contributed by atoms with van der Waals surface area (Å²) in [6.45, 7) is 3.94. The minimum atomic E-state index is -0.265. The van der Waals surface area contributed by atoms with Gasteiger partial charge in [-0.05, 0) is 51.5 Å².